The molecule has 2 aromatic rings. The van der Waals surface area contributed by atoms with E-state index in [1.807, 2.05) is 33.2 Å². The van der Waals surface area contributed by atoms with Gasteiger partial charge in [-0.15, -0.1) is 0 Å². The molecule has 1 aromatic heterocycles. The number of benzene rings is 1. The van der Waals surface area contributed by atoms with Gasteiger partial charge in [0.2, 0.25) is 5.91 Å². The zero-order chi connectivity index (χ0) is 17.0. The second-order valence-electron chi connectivity index (χ2n) is 5.65. The number of aryl methyl sites for hydroxylation is 3. The summed E-state index contributed by atoms with van der Waals surface area (Å²) in [6, 6.07) is 4.43. The maximum atomic E-state index is 12.1. The lowest BCUT2D eigenvalue weighted by Gasteiger charge is -2.18. The maximum absolute atomic E-state index is 12.1. The monoisotopic (exact) mass is 315 g/mol. The smallest absolute Gasteiger partial charge is 0.330 e. The van der Waals surface area contributed by atoms with Crippen LogP contribution in [-0.2, 0) is 23.1 Å². The molecule has 0 saturated heterocycles. The molecule has 6 heteroatoms. The van der Waals surface area contributed by atoms with Crippen LogP contribution in [0.5, 0.6) is 0 Å². The number of aromatic nitrogens is 2. The van der Waals surface area contributed by atoms with E-state index in [9.17, 15) is 14.7 Å². The van der Waals surface area contributed by atoms with Crippen LogP contribution in [0.15, 0.2) is 30.6 Å². The number of carboxylic acids is 1. The van der Waals surface area contributed by atoms with Crippen molar-refractivity contribution in [2.75, 3.05) is 0 Å². The number of amides is 1. The topological polar surface area (TPSA) is 84.2 Å². The molecule has 23 heavy (non-hydrogen) atoms. The first kappa shape index (κ1) is 16.7. The van der Waals surface area contributed by atoms with E-state index in [-0.39, 0.29) is 12.3 Å². The minimum absolute atomic E-state index is 0.223. The van der Waals surface area contributed by atoms with Crippen molar-refractivity contribution in [3.05, 3.63) is 52.8 Å². The SMILES string of the molecule is Cc1cccc(C(NC(=O)CCc2cnn(C)c2)C(=O)O)c1C. The highest BCUT2D eigenvalue weighted by Crippen LogP contribution is 2.21. The molecule has 1 heterocycles. The molecule has 1 atom stereocenters. The number of rotatable bonds is 6. The minimum Gasteiger partial charge on any atom is -0.479 e. The molecule has 1 unspecified atom stereocenters. The summed E-state index contributed by atoms with van der Waals surface area (Å²) in [5.41, 5.74) is 3.44. The second kappa shape index (κ2) is 7.09. The molecule has 0 fully saturated rings. The van der Waals surface area contributed by atoms with E-state index in [1.165, 1.54) is 0 Å². The third-order valence-electron chi connectivity index (χ3n) is 3.91. The third-order valence-corrected chi connectivity index (χ3v) is 3.91. The Bertz CT molecular complexity index is 722. The average molecular weight is 315 g/mol. The summed E-state index contributed by atoms with van der Waals surface area (Å²) in [5.74, 6) is -1.35. The molecule has 0 spiro atoms. The van der Waals surface area contributed by atoms with E-state index in [1.54, 1.807) is 23.0 Å². The van der Waals surface area contributed by atoms with E-state index in [4.69, 9.17) is 0 Å². The predicted molar refractivity (Wildman–Crippen MR) is 86.0 cm³/mol. The fourth-order valence-electron chi connectivity index (χ4n) is 2.45. The average Bonchev–Trinajstić information content (AvgIpc) is 2.91. The van der Waals surface area contributed by atoms with Crippen molar-refractivity contribution in [2.45, 2.75) is 32.7 Å². The molecule has 2 N–H and O–H groups in total. The standard InChI is InChI=1S/C17H21N3O3/c1-11-5-4-6-14(12(11)2)16(17(22)23)19-15(21)8-7-13-9-18-20(3)10-13/h4-6,9-10,16H,7-8H2,1-3H3,(H,19,21)(H,22,23). The Hall–Kier alpha value is -2.63. The van der Waals surface area contributed by atoms with Crippen LogP contribution in [0.1, 0.15) is 34.7 Å². The van der Waals surface area contributed by atoms with Gasteiger partial charge in [0.25, 0.3) is 0 Å². The number of hydrogen-bond donors (Lipinski definition) is 2. The number of carbonyl (C=O) groups is 2. The van der Waals surface area contributed by atoms with Gasteiger partial charge >= 0.3 is 5.97 Å². The number of carboxylic acid groups (broad SMARTS) is 1. The highest BCUT2D eigenvalue weighted by atomic mass is 16.4. The van der Waals surface area contributed by atoms with E-state index < -0.39 is 12.0 Å². The largest absolute Gasteiger partial charge is 0.479 e. The number of nitrogens with zero attached hydrogens (tertiary/aromatic N) is 2. The fraction of sp³-hybridized carbons (Fsp3) is 0.353. The van der Waals surface area contributed by atoms with Crippen molar-refractivity contribution in [3.8, 4) is 0 Å². The van der Waals surface area contributed by atoms with Crippen LogP contribution in [0.25, 0.3) is 0 Å². The lowest BCUT2D eigenvalue weighted by atomic mass is 9.97. The molecule has 2 rings (SSSR count). The van der Waals surface area contributed by atoms with Crippen LogP contribution in [0.3, 0.4) is 0 Å². The Morgan fingerprint density at radius 2 is 2.09 bits per heavy atom. The molecule has 0 aliphatic carbocycles. The molecule has 1 aromatic carbocycles. The zero-order valence-electron chi connectivity index (χ0n) is 13.5. The van der Waals surface area contributed by atoms with Gasteiger partial charge in [-0.25, -0.2) is 4.79 Å². The van der Waals surface area contributed by atoms with E-state index >= 15 is 0 Å². The van der Waals surface area contributed by atoms with Gasteiger partial charge < -0.3 is 10.4 Å². The van der Waals surface area contributed by atoms with Gasteiger partial charge in [0.15, 0.2) is 6.04 Å². The Kier molecular flexibility index (Phi) is 5.16. The summed E-state index contributed by atoms with van der Waals surface area (Å²) in [4.78, 5) is 23.7. The van der Waals surface area contributed by atoms with E-state index in [0.717, 1.165) is 16.7 Å². The van der Waals surface area contributed by atoms with Gasteiger partial charge in [-0.2, -0.15) is 5.10 Å². The van der Waals surface area contributed by atoms with Crippen molar-refractivity contribution in [2.24, 2.45) is 7.05 Å². The van der Waals surface area contributed by atoms with Gasteiger partial charge in [-0.3, -0.25) is 9.48 Å². The summed E-state index contributed by atoms with van der Waals surface area (Å²) in [5, 5.41) is 16.1. The first-order valence-electron chi connectivity index (χ1n) is 7.44. The molecule has 1 amide bonds. The zero-order valence-corrected chi connectivity index (χ0v) is 13.5. The minimum atomic E-state index is -1.06. The number of carbonyl (C=O) groups excluding carboxylic acids is 1. The van der Waals surface area contributed by atoms with Crippen LogP contribution in [-0.4, -0.2) is 26.8 Å². The highest BCUT2D eigenvalue weighted by molar-refractivity contribution is 5.85. The first-order valence-corrected chi connectivity index (χ1v) is 7.44. The summed E-state index contributed by atoms with van der Waals surface area (Å²) in [7, 11) is 1.81. The van der Waals surface area contributed by atoms with Gasteiger partial charge in [0.05, 0.1) is 6.20 Å². The lowest BCUT2D eigenvalue weighted by molar-refractivity contribution is -0.142. The maximum Gasteiger partial charge on any atom is 0.330 e. The normalized spacial score (nSPS) is 12.0. The molecule has 0 bridgehead atoms. The molecular weight excluding hydrogens is 294 g/mol. The molecule has 0 radical (unpaired) electrons. The second-order valence-corrected chi connectivity index (χ2v) is 5.65. The summed E-state index contributed by atoms with van der Waals surface area (Å²) < 4.78 is 1.67. The number of nitrogens with one attached hydrogen (secondary N) is 1. The fourth-order valence-corrected chi connectivity index (χ4v) is 2.45. The molecule has 0 aliphatic rings. The number of hydrogen-bond acceptors (Lipinski definition) is 3. The Labute approximate surface area is 135 Å². The van der Waals surface area contributed by atoms with Gasteiger partial charge in [-0.05, 0) is 42.5 Å². The van der Waals surface area contributed by atoms with Crippen LogP contribution in [0, 0.1) is 13.8 Å². The van der Waals surface area contributed by atoms with E-state index in [2.05, 4.69) is 10.4 Å². The Morgan fingerprint density at radius 3 is 2.70 bits per heavy atom. The van der Waals surface area contributed by atoms with Gasteiger partial charge in [-0.1, -0.05) is 18.2 Å². The molecular formula is C17H21N3O3. The van der Waals surface area contributed by atoms with Crippen molar-refractivity contribution < 1.29 is 14.7 Å². The highest BCUT2D eigenvalue weighted by Gasteiger charge is 2.23. The lowest BCUT2D eigenvalue weighted by Crippen LogP contribution is -2.34. The quantitative estimate of drug-likeness (QED) is 0.853. The Morgan fingerprint density at radius 1 is 1.35 bits per heavy atom. The molecule has 6 nitrogen and oxygen atoms in total. The third kappa shape index (κ3) is 4.18. The van der Waals surface area contributed by atoms with Crippen LogP contribution >= 0.6 is 0 Å². The van der Waals surface area contributed by atoms with Crippen molar-refractivity contribution in [3.63, 3.8) is 0 Å². The van der Waals surface area contributed by atoms with E-state index in [0.29, 0.717) is 12.0 Å². The molecule has 0 saturated carbocycles. The summed E-state index contributed by atoms with van der Waals surface area (Å²) >= 11 is 0. The Balaban J connectivity index is 2.05. The van der Waals surface area contributed by atoms with Crippen molar-refractivity contribution >= 4 is 11.9 Å². The summed E-state index contributed by atoms with van der Waals surface area (Å²) in [6.07, 6.45) is 4.29. The number of aliphatic carboxylic acids is 1. The first-order chi connectivity index (χ1) is 10.9. The van der Waals surface area contributed by atoms with Crippen molar-refractivity contribution in [1.82, 2.24) is 15.1 Å². The van der Waals surface area contributed by atoms with Gasteiger partial charge in [0, 0.05) is 19.7 Å². The van der Waals surface area contributed by atoms with Crippen LogP contribution in [0.2, 0.25) is 0 Å². The summed E-state index contributed by atoms with van der Waals surface area (Å²) in [6.45, 7) is 3.78. The van der Waals surface area contributed by atoms with Gasteiger partial charge in [0.1, 0.15) is 0 Å². The van der Waals surface area contributed by atoms with Crippen LogP contribution < -0.4 is 5.32 Å². The van der Waals surface area contributed by atoms with Crippen molar-refractivity contribution in [1.29, 1.82) is 0 Å². The molecule has 0 aliphatic heterocycles. The molecule has 122 valence electrons. The van der Waals surface area contributed by atoms with Crippen LogP contribution in [0.4, 0.5) is 0 Å². The predicted octanol–water partition coefficient (Wildman–Crippen LogP) is 1.91.